The van der Waals surface area contributed by atoms with Crippen LogP contribution in [0.1, 0.15) is 19.8 Å². The Morgan fingerprint density at radius 2 is 2.30 bits per heavy atom. The highest BCUT2D eigenvalue weighted by Crippen LogP contribution is 2.24. The molecule has 2 aliphatic rings. The molecule has 0 bridgehead atoms. The zero-order chi connectivity index (χ0) is 14.7. The van der Waals surface area contributed by atoms with E-state index in [1.807, 2.05) is 0 Å². The summed E-state index contributed by atoms with van der Waals surface area (Å²) in [5, 5.41) is 4.94. The standard InChI is InChI=1S/C14H15ClF2N2O/c1-8-10(13(16)17)7-9(15)4-5-11(8)19-12-3-2-6-18-14(12)20/h7,9,12-13,19H,2-3,6H2,1H3,(H,18,20)/t9?,12-/m1/s1. The lowest BCUT2D eigenvalue weighted by atomic mass is 10.0. The second kappa shape index (κ2) is 6.27. The predicted molar refractivity (Wildman–Crippen MR) is 73.4 cm³/mol. The van der Waals surface area contributed by atoms with Crippen LogP contribution in [0, 0.1) is 11.8 Å². The van der Waals surface area contributed by atoms with E-state index in [0.29, 0.717) is 24.2 Å². The molecule has 2 rings (SSSR count). The van der Waals surface area contributed by atoms with Gasteiger partial charge < -0.3 is 10.6 Å². The minimum Gasteiger partial charge on any atom is -0.367 e. The van der Waals surface area contributed by atoms with E-state index in [4.69, 9.17) is 11.6 Å². The molecule has 1 amide bonds. The first kappa shape index (κ1) is 14.9. The van der Waals surface area contributed by atoms with E-state index in [-0.39, 0.29) is 11.5 Å². The lowest BCUT2D eigenvalue weighted by molar-refractivity contribution is -0.124. The van der Waals surface area contributed by atoms with Crippen LogP contribution in [0.4, 0.5) is 8.78 Å². The van der Waals surface area contributed by atoms with E-state index >= 15 is 0 Å². The molecule has 0 aromatic carbocycles. The van der Waals surface area contributed by atoms with Crippen molar-refractivity contribution in [3.05, 3.63) is 22.9 Å². The summed E-state index contributed by atoms with van der Waals surface area (Å²) in [6.45, 7) is 2.21. The lowest BCUT2D eigenvalue weighted by Crippen LogP contribution is -2.48. The Labute approximate surface area is 121 Å². The minimum absolute atomic E-state index is 0.132. The SMILES string of the molecule is CC1=C(N[C@@H]2CCCNC2=O)C#CC(Cl)C=C1C(F)F. The summed E-state index contributed by atoms with van der Waals surface area (Å²) in [5.41, 5.74) is 0.539. The molecule has 1 saturated heterocycles. The van der Waals surface area contributed by atoms with E-state index in [2.05, 4.69) is 22.5 Å². The van der Waals surface area contributed by atoms with Crippen molar-refractivity contribution >= 4 is 17.5 Å². The summed E-state index contributed by atoms with van der Waals surface area (Å²) in [6, 6.07) is -0.436. The van der Waals surface area contributed by atoms with Gasteiger partial charge in [-0.2, -0.15) is 0 Å². The first-order valence-electron chi connectivity index (χ1n) is 6.40. The maximum absolute atomic E-state index is 13.0. The first-order chi connectivity index (χ1) is 9.49. The zero-order valence-electron chi connectivity index (χ0n) is 11.0. The minimum atomic E-state index is -2.63. The van der Waals surface area contributed by atoms with E-state index in [1.165, 1.54) is 6.08 Å². The Kier molecular flexibility index (Phi) is 4.66. The van der Waals surface area contributed by atoms with Crippen molar-refractivity contribution in [1.29, 1.82) is 0 Å². The first-order valence-corrected chi connectivity index (χ1v) is 6.83. The van der Waals surface area contributed by atoms with Crippen molar-refractivity contribution in [3.8, 4) is 11.8 Å². The fourth-order valence-electron chi connectivity index (χ4n) is 2.17. The molecule has 0 aromatic rings. The van der Waals surface area contributed by atoms with Crippen molar-refractivity contribution in [1.82, 2.24) is 10.6 Å². The number of piperidine rings is 1. The number of halogens is 3. The van der Waals surface area contributed by atoms with Crippen molar-refractivity contribution in [2.45, 2.75) is 37.6 Å². The Bertz CT molecular complexity index is 531. The fraction of sp³-hybridized carbons (Fsp3) is 0.500. The highest BCUT2D eigenvalue weighted by molar-refractivity contribution is 6.23. The number of hydrogen-bond acceptors (Lipinski definition) is 2. The van der Waals surface area contributed by atoms with Gasteiger partial charge in [0.05, 0.1) is 5.70 Å². The van der Waals surface area contributed by atoms with Crippen LogP contribution in [0.5, 0.6) is 0 Å². The molecule has 2 atom stereocenters. The molecule has 1 fully saturated rings. The summed E-state index contributed by atoms with van der Waals surface area (Å²) in [7, 11) is 0. The Balaban J connectivity index is 2.25. The number of carbonyl (C=O) groups excluding carboxylic acids is 1. The molecule has 1 aliphatic carbocycles. The molecule has 1 unspecified atom stereocenters. The van der Waals surface area contributed by atoms with Crippen molar-refractivity contribution in [2.24, 2.45) is 0 Å². The second-order valence-corrected chi connectivity index (χ2v) is 5.19. The third-order valence-electron chi connectivity index (χ3n) is 3.31. The van der Waals surface area contributed by atoms with Crippen LogP contribution < -0.4 is 10.6 Å². The van der Waals surface area contributed by atoms with E-state index in [0.717, 1.165) is 6.42 Å². The number of carbonyl (C=O) groups is 1. The van der Waals surface area contributed by atoms with Crippen LogP contribution in [0.25, 0.3) is 0 Å². The lowest BCUT2D eigenvalue weighted by Gasteiger charge is -2.24. The molecule has 3 nitrogen and oxygen atoms in total. The Hall–Kier alpha value is -1.54. The van der Waals surface area contributed by atoms with E-state index in [1.54, 1.807) is 6.92 Å². The number of allylic oxidation sites excluding steroid dienone is 4. The molecule has 0 radical (unpaired) electrons. The normalized spacial score (nSPS) is 26.4. The maximum atomic E-state index is 13.0. The molecule has 20 heavy (non-hydrogen) atoms. The number of amides is 1. The van der Waals surface area contributed by atoms with Gasteiger partial charge in [0.15, 0.2) is 0 Å². The van der Waals surface area contributed by atoms with Gasteiger partial charge in [-0.1, -0.05) is 5.92 Å². The molecule has 0 saturated carbocycles. The molecule has 1 aliphatic heterocycles. The molecule has 2 N–H and O–H groups in total. The predicted octanol–water partition coefficient (Wildman–Crippen LogP) is 1.94. The third kappa shape index (κ3) is 3.31. The van der Waals surface area contributed by atoms with Gasteiger partial charge in [0.1, 0.15) is 11.4 Å². The van der Waals surface area contributed by atoms with Gasteiger partial charge in [0, 0.05) is 12.1 Å². The Morgan fingerprint density at radius 3 is 2.95 bits per heavy atom. The molecule has 108 valence electrons. The van der Waals surface area contributed by atoms with Crippen molar-refractivity contribution in [3.63, 3.8) is 0 Å². The van der Waals surface area contributed by atoms with Gasteiger partial charge in [-0.3, -0.25) is 4.79 Å². The smallest absolute Gasteiger partial charge is 0.263 e. The van der Waals surface area contributed by atoms with Crippen LogP contribution in [-0.4, -0.2) is 30.3 Å². The number of alkyl halides is 3. The van der Waals surface area contributed by atoms with Crippen LogP contribution in [0.2, 0.25) is 0 Å². The van der Waals surface area contributed by atoms with Crippen LogP contribution in [0.15, 0.2) is 22.9 Å². The van der Waals surface area contributed by atoms with Gasteiger partial charge in [-0.15, -0.1) is 11.6 Å². The monoisotopic (exact) mass is 300 g/mol. The fourth-order valence-corrected chi connectivity index (χ4v) is 2.36. The van der Waals surface area contributed by atoms with Crippen molar-refractivity contribution < 1.29 is 13.6 Å². The Morgan fingerprint density at radius 1 is 1.55 bits per heavy atom. The maximum Gasteiger partial charge on any atom is 0.263 e. The number of nitrogens with one attached hydrogen (secondary N) is 2. The van der Waals surface area contributed by atoms with E-state index < -0.39 is 17.8 Å². The van der Waals surface area contributed by atoms with Gasteiger partial charge in [-0.05, 0) is 37.3 Å². The topological polar surface area (TPSA) is 41.1 Å². The summed E-state index contributed by atoms with van der Waals surface area (Å²) in [4.78, 5) is 11.7. The van der Waals surface area contributed by atoms with Gasteiger partial charge in [-0.25, -0.2) is 8.78 Å². The molecular weight excluding hydrogens is 286 g/mol. The quantitative estimate of drug-likeness (QED) is 0.618. The van der Waals surface area contributed by atoms with Crippen molar-refractivity contribution in [2.75, 3.05) is 6.54 Å². The van der Waals surface area contributed by atoms with Crippen LogP contribution >= 0.6 is 11.6 Å². The third-order valence-corrected chi connectivity index (χ3v) is 3.54. The zero-order valence-corrected chi connectivity index (χ0v) is 11.7. The average molecular weight is 301 g/mol. The summed E-state index contributed by atoms with van der Waals surface area (Å²) in [6.07, 6.45) is 0.126. The van der Waals surface area contributed by atoms with Gasteiger partial charge in [0.2, 0.25) is 5.91 Å². The van der Waals surface area contributed by atoms with Gasteiger partial charge in [0.25, 0.3) is 6.43 Å². The molecular formula is C14H15ClF2N2O. The van der Waals surface area contributed by atoms with Gasteiger partial charge >= 0.3 is 0 Å². The van der Waals surface area contributed by atoms with Crippen LogP contribution in [-0.2, 0) is 4.79 Å². The second-order valence-electron chi connectivity index (χ2n) is 4.72. The summed E-state index contributed by atoms with van der Waals surface area (Å²) in [5.74, 6) is 5.29. The van der Waals surface area contributed by atoms with E-state index in [9.17, 15) is 13.6 Å². The highest BCUT2D eigenvalue weighted by atomic mass is 35.5. The molecule has 0 aromatic heterocycles. The largest absolute Gasteiger partial charge is 0.367 e. The molecule has 1 heterocycles. The van der Waals surface area contributed by atoms with Crippen LogP contribution in [0.3, 0.4) is 0 Å². The summed E-state index contributed by atoms with van der Waals surface area (Å²) >= 11 is 5.84. The number of hydrogen-bond donors (Lipinski definition) is 2. The highest BCUT2D eigenvalue weighted by Gasteiger charge is 2.25. The molecule has 6 heteroatoms. The molecule has 0 spiro atoms. The number of rotatable bonds is 3. The summed E-state index contributed by atoms with van der Waals surface area (Å²) < 4.78 is 26.1. The average Bonchev–Trinajstić information content (AvgIpc) is 2.54.